The van der Waals surface area contributed by atoms with Crippen molar-refractivity contribution in [2.45, 2.75) is 18.9 Å². The molecule has 0 radical (unpaired) electrons. The van der Waals surface area contributed by atoms with Crippen molar-refractivity contribution in [2.75, 3.05) is 14.2 Å². The fraction of sp³-hybridized carbons (Fsp3) is 0.333. The zero-order valence-corrected chi connectivity index (χ0v) is 11.7. The van der Waals surface area contributed by atoms with Gasteiger partial charge < -0.3 is 10.1 Å². The second-order valence-electron chi connectivity index (χ2n) is 4.28. The highest BCUT2D eigenvalue weighted by Gasteiger charge is 2.09. The van der Waals surface area contributed by atoms with E-state index in [1.165, 1.54) is 11.1 Å². The first-order valence-electron chi connectivity index (χ1n) is 6.15. The van der Waals surface area contributed by atoms with E-state index in [9.17, 15) is 0 Å². The van der Waals surface area contributed by atoms with Gasteiger partial charge >= 0.3 is 0 Å². The van der Waals surface area contributed by atoms with Crippen LogP contribution in [0, 0.1) is 0 Å². The molecule has 0 amide bonds. The van der Waals surface area contributed by atoms with Crippen LogP contribution in [0.1, 0.15) is 23.6 Å². The summed E-state index contributed by atoms with van der Waals surface area (Å²) >= 11 is 1.75. The fourth-order valence-electron chi connectivity index (χ4n) is 2.05. The van der Waals surface area contributed by atoms with Crippen LogP contribution in [-0.2, 0) is 6.42 Å². The van der Waals surface area contributed by atoms with Gasteiger partial charge in [-0.15, -0.1) is 0 Å². The van der Waals surface area contributed by atoms with E-state index in [-0.39, 0.29) is 0 Å². The maximum absolute atomic E-state index is 5.16. The Morgan fingerprint density at radius 1 is 1.22 bits per heavy atom. The standard InChI is InChI=1S/C15H19NOS/c1-16-15(13-9-10-18-11-13)8-5-12-3-6-14(17-2)7-4-12/h3-4,6-7,9-11,15-16H,5,8H2,1-2H3. The number of rotatable bonds is 6. The predicted molar refractivity (Wildman–Crippen MR) is 77.4 cm³/mol. The van der Waals surface area contributed by atoms with Gasteiger partial charge in [-0.3, -0.25) is 0 Å². The summed E-state index contributed by atoms with van der Waals surface area (Å²) in [6, 6.07) is 11.0. The number of hydrogen-bond donors (Lipinski definition) is 1. The molecule has 0 aliphatic carbocycles. The second-order valence-corrected chi connectivity index (χ2v) is 5.06. The van der Waals surface area contributed by atoms with Gasteiger partial charge in [-0.05, 0) is 60.0 Å². The van der Waals surface area contributed by atoms with E-state index >= 15 is 0 Å². The van der Waals surface area contributed by atoms with Crippen molar-refractivity contribution < 1.29 is 4.74 Å². The maximum atomic E-state index is 5.16. The molecule has 0 aliphatic rings. The van der Waals surface area contributed by atoms with Crippen LogP contribution in [0.2, 0.25) is 0 Å². The number of benzene rings is 1. The predicted octanol–water partition coefficient (Wildman–Crippen LogP) is 3.65. The van der Waals surface area contributed by atoms with Gasteiger partial charge in [0.1, 0.15) is 5.75 Å². The molecule has 1 heterocycles. The van der Waals surface area contributed by atoms with E-state index in [0.717, 1.165) is 18.6 Å². The topological polar surface area (TPSA) is 21.3 Å². The molecule has 2 nitrogen and oxygen atoms in total. The van der Waals surface area contributed by atoms with Gasteiger partial charge in [-0.2, -0.15) is 11.3 Å². The molecule has 2 aromatic rings. The summed E-state index contributed by atoms with van der Waals surface area (Å²) in [5.41, 5.74) is 2.74. The van der Waals surface area contributed by atoms with Crippen LogP contribution >= 0.6 is 11.3 Å². The Bertz CT molecular complexity index is 450. The third kappa shape index (κ3) is 3.34. The van der Waals surface area contributed by atoms with Crippen LogP contribution in [-0.4, -0.2) is 14.2 Å². The molecular weight excluding hydrogens is 242 g/mol. The first-order chi connectivity index (χ1) is 8.83. The Balaban J connectivity index is 1.93. The third-order valence-electron chi connectivity index (χ3n) is 3.17. The van der Waals surface area contributed by atoms with Crippen molar-refractivity contribution in [1.82, 2.24) is 5.32 Å². The minimum atomic E-state index is 0.443. The highest BCUT2D eigenvalue weighted by molar-refractivity contribution is 7.07. The number of methoxy groups -OCH3 is 1. The number of aryl methyl sites for hydroxylation is 1. The third-order valence-corrected chi connectivity index (χ3v) is 3.88. The number of thiophene rings is 1. The van der Waals surface area contributed by atoms with E-state index in [1.54, 1.807) is 18.4 Å². The van der Waals surface area contributed by atoms with Crippen LogP contribution in [0.25, 0.3) is 0 Å². The molecule has 1 aromatic carbocycles. The summed E-state index contributed by atoms with van der Waals surface area (Å²) < 4.78 is 5.16. The zero-order valence-electron chi connectivity index (χ0n) is 10.8. The summed E-state index contributed by atoms with van der Waals surface area (Å²) in [6.45, 7) is 0. The van der Waals surface area contributed by atoms with Gasteiger partial charge in [0, 0.05) is 6.04 Å². The largest absolute Gasteiger partial charge is 0.497 e. The number of ether oxygens (including phenoxy) is 1. The van der Waals surface area contributed by atoms with E-state index in [2.05, 4.69) is 34.3 Å². The van der Waals surface area contributed by atoms with Gasteiger partial charge in [0.15, 0.2) is 0 Å². The highest BCUT2D eigenvalue weighted by Crippen LogP contribution is 2.22. The van der Waals surface area contributed by atoms with Crippen LogP contribution in [0.4, 0.5) is 0 Å². The molecule has 0 saturated carbocycles. The van der Waals surface area contributed by atoms with E-state index in [1.807, 2.05) is 19.2 Å². The Morgan fingerprint density at radius 2 is 2.00 bits per heavy atom. The average molecular weight is 261 g/mol. The normalized spacial score (nSPS) is 12.3. The number of hydrogen-bond acceptors (Lipinski definition) is 3. The summed E-state index contributed by atoms with van der Waals surface area (Å²) in [4.78, 5) is 0. The molecule has 0 spiro atoms. The molecule has 0 saturated heterocycles. The van der Waals surface area contributed by atoms with E-state index in [0.29, 0.717) is 6.04 Å². The van der Waals surface area contributed by atoms with Crippen LogP contribution in [0.3, 0.4) is 0 Å². The smallest absolute Gasteiger partial charge is 0.118 e. The lowest BCUT2D eigenvalue weighted by Gasteiger charge is -2.14. The van der Waals surface area contributed by atoms with Crippen molar-refractivity contribution in [3.05, 3.63) is 52.2 Å². The molecule has 1 N–H and O–H groups in total. The molecule has 3 heteroatoms. The summed E-state index contributed by atoms with van der Waals surface area (Å²) in [6.07, 6.45) is 2.19. The molecule has 0 bridgehead atoms. The molecule has 1 unspecified atom stereocenters. The van der Waals surface area contributed by atoms with E-state index in [4.69, 9.17) is 4.74 Å². The number of nitrogens with one attached hydrogen (secondary N) is 1. The monoisotopic (exact) mass is 261 g/mol. The Hall–Kier alpha value is -1.32. The average Bonchev–Trinajstić information content (AvgIpc) is 2.94. The SMILES string of the molecule is CNC(CCc1ccc(OC)cc1)c1ccsc1. The van der Waals surface area contributed by atoms with Crippen molar-refractivity contribution in [2.24, 2.45) is 0 Å². The molecule has 1 atom stereocenters. The molecular formula is C15H19NOS. The van der Waals surface area contributed by atoms with Crippen LogP contribution in [0.5, 0.6) is 5.75 Å². The minimum Gasteiger partial charge on any atom is -0.497 e. The van der Waals surface area contributed by atoms with Gasteiger partial charge in [0.25, 0.3) is 0 Å². The van der Waals surface area contributed by atoms with Crippen LogP contribution in [0.15, 0.2) is 41.1 Å². The molecule has 96 valence electrons. The summed E-state index contributed by atoms with van der Waals surface area (Å²) in [5.74, 6) is 0.918. The zero-order chi connectivity index (χ0) is 12.8. The first kappa shape index (κ1) is 13.1. The maximum Gasteiger partial charge on any atom is 0.118 e. The lowest BCUT2D eigenvalue weighted by molar-refractivity contribution is 0.414. The quantitative estimate of drug-likeness (QED) is 0.857. The Labute approximate surface area is 113 Å². The minimum absolute atomic E-state index is 0.443. The summed E-state index contributed by atoms with van der Waals surface area (Å²) in [5, 5.41) is 7.73. The van der Waals surface area contributed by atoms with Gasteiger partial charge in [0.2, 0.25) is 0 Å². The van der Waals surface area contributed by atoms with Gasteiger partial charge in [-0.1, -0.05) is 12.1 Å². The second kappa shape index (κ2) is 6.57. The van der Waals surface area contributed by atoms with Crippen molar-refractivity contribution >= 4 is 11.3 Å². The molecule has 1 aromatic heterocycles. The Kier molecular flexibility index (Phi) is 4.79. The summed E-state index contributed by atoms with van der Waals surface area (Å²) in [7, 11) is 3.72. The first-order valence-corrected chi connectivity index (χ1v) is 7.10. The lowest BCUT2D eigenvalue weighted by Crippen LogP contribution is -2.16. The molecule has 0 fully saturated rings. The van der Waals surface area contributed by atoms with Gasteiger partial charge in [-0.25, -0.2) is 0 Å². The fourth-order valence-corrected chi connectivity index (χ4v) is 2.77. The van der Waals surface area contributed by atoms with Gasteiger partial charge in [0.05, 0.1) is 7.11 Å². The molecule has 18 heavy (non-hydrogen) atoms. The highest BCUT2D eigenvalue weighted by atomic mass is 32.1. The molecule has 0 aliphatic heterocycles. The van der Waals surface area contributed by atoms with Crippen molar-refractivity contribution in [3.63, 3.8) is 0 Å². The van der Waals surface area contributed by atoms with Crippen LogP contribution < -0.4 is 10.1 Å². The molecule has 2 rings (SSSR count). The van der Waals surface area contributed by atoms with Crippen molar-refractivity contribution in [3.8, 4) is 5.75 Å². The lowest BCUT2D eigenvalue weighted by atomic mass is 10.0. The Morgan fingerprint density at radius 3 is 2.56 bits per heavy atom. The van der Waals surface area contributed by atoms with E-state index < -0.39 is 0 Å². The van der Waals surface area contributed by atoms with Crippen molar-refractivity contribution in [1.29, 1.82) is 0 Å².